The second kappa shape index (κ2) is 9.19. The molecule has 0 spiro atoms. The molecular weight excluding hydrogens is 434 g/mol. The Morgan fingerprint density at radius 2 is 1.76 bits per heavy atom. The Hall–Kier alpha value is -3.24. The van der Waals surface area contributed by atoms with Gasteiger partial charge in [-0.3, -0.25) is 9.78 Å². The molecule has 5 heterocycles. The molecule has 34 heavy (non-hydrogen) atoms. The van der Waals surface area contributed by atoms with Crippen LogP contribution in [0.1, 0.15) is 26.7 Å². The second-order valence-corrected chi connectivity index (χ2v) is 9.52. The summed E-state index contributed by atoms with van der Waals surface area (Å²) in [5.74, 6) is 2.32. The van der Waals surface area contributed by atoms with Crippen LogP contribution in [0.3, 0.4) is 0 Å². The lowest BCUT2D eigenvalue weighted by atomic mass is 9.83. The van der Waals surface area contributed by atoms with E-state index < -0.39 is 5.60 Å². The van der Waals surface area contributed by atoms with Crippen molar-refractivity contribution in [3.8, 4) is 0 Å². The van der Waals surface area contributed by atoms with Gasteiger partial charge in [-0.2, -0.15) is 0 Å². The number of fused-ring (bicyclic) bond motifs is 1. The Kier molecular flexibility index (Phi) is 6.09. The van der Waals surface area contributed by atoms with Crippen molar-refractivity contribution in [3.63, 3.8) is 0 Å². The number of piperidine rings is 1. The fraction of sp³-hybridized carbons (Fsp3) is 0.500. The number of pyridine rings is 2. The summed E-state index contributed by atoms with van der Waals surface area (Å²) in [4.78, 5) is 33.5. The van der Waals surface area contributed by atoms with Gasteiger partial charge in [-0.25, -0.2) is 15.0 Å². The van der Waals surface area contributed by atoms with Gasteiger partial charge in [0.2, 0.25) is 5.95 Å². The van der Waals surface area contributed by atoms with Gasteiger partial charge in [-0.05, 0) is 44.7 Å². The highest BCUT2D eigenvalue weighted by Gasteiger charge is 2.31. The van der Waals surface area contributed by atoms with Crippen LogP contribution in [0.5, 0.6) is 0 Å². The molecule has 0 saturated carbocycles. The quantitative estimate of drug-likeness (QED) is 0.521. The number of rotatable bonds is 5. The van der Waals surface area contributed by atoms with Crippen molar-refractivity contribution in [2.45, 2.75) is 32.3 Å². The van der Waals surface area contributed by atoms with Crippen LogP contribution in [0.25, 0.3) is 10.9 Å². The molecule has 10 nitrogen and oxygen atoms in total. The van der Waals surface area contributed by atoms with Crippen LogP contribution in [-0.2, 0) is 4.74 Å². The van der Waals surface area contributed by atoms with E-state index in [2.05, 4.69) is 35.1 Å². The largest absolute Gasteiger partial charge is 0.390 e. The fourth-order valence-corrected chi connectivity index (χ4v) is 4.65. The summed E-state index contributed by atoms with van der Waals surface area (Å²) in [5, 5.41) is 13.9. The summed E-state index contributed by atoms with van der Waals surface area (Å²) in [5.41, 5.74) is 0.402. The second-order valence-electron chi connectivity index (χ2n) is 9.52. The Balaban J connectivity index is 1.32. The number of nitrogens with one attached hydrogen (secondary N) is 2. The van der Waals surface area contributed by atoms with Gasteiger partial charge in [-0.1, -0.05) is 0 Å². The normalized spacial score (nSPS) is 17.9. The third-order valence-corrected chi connectivity index (χ3v) is 6.74. The lowest BCUT2D eigenvalue weighted by Gasteiger charge is -2.38. The van der Waals surface area contributed by atoms with Crippen molar-refractivity contribution >= 4 is 34.2 Å². The monoisotopic (exact) mass is 465 g/mol. The maximum Gasteiger partial charge on any atom is 0.261 e. The van der Waals surface area contributed by atoms with E-state index in [1.165, 1.54) is 0 Å². The van der Waals surface area contributed by atoms with Crippen LogP contribution in [0, 0.1) is 5.92 Å². The number of aromatic amines is 1. The Morgan fingerprint density at radius 1 is 1.06 bits per heavy atom. The van der Waals surface area contributed by atoms with Gasteiger partial charge in [0.05, 0.1) is 41.6 Å². The van der Waals surface area contributed by atoms with E-state index in [0.29, 0.717) is 30.1 Å². The molecule has 5 rings (SSSR count). The number of anilines is 4. The molecule has 180 valence electrons. The summed E-state index contributed by atoms with van der Waals surface area (Å²) in [6.07, 6.45) is 5.11. The average Bonchev–Trinajstić information content (AvgIpc) is 2.84. The van der Waals surface area contributed by atoms with E-state index >= 15 is 0 Å². The van der Waals surface area contributed by atoms with Gasteiger partial charge in [0, 0.05) is 38.4 Å². The summed E-state index contributed by atoms with van der Waals surface area (Å²) >= 11 is 0. The third kappa shape index (κ3) is 4.83. The van der Waals surface area contributed by atoms with Crippen LogP contribution >= 0.6 is 0 Å². The van der Waals surface area contributed by atoms with Gasteiger partial charge in [0.15, 0.2) is 0 Å². The number of morpholine rings is 1. The first kappa shape index (κ1) is 22.5. The minimum atomic E-state index is -0.673. The summed E-state index contributed by atoms with van der Waals surface area (Å²) in [7, 11) is 0. The van der Waals surface area contributed by atoms with Crippen molar-refractivity contribution in [1.29, 1.82) is 0 Å². The third-order valence-electron chi connectivity index (χ3n) is 6.74. The standard InChI is InChI=1S/C24H31N7O3/c1-24(2,33)16-5-7-30(8-6-16)21-13-19-18(15-26-21)22(32)29-23(28-19)27-17-3-4-20(25-14-17)31-9-11-34-12-10-31/h3-4,13-16,33H,5-12H2,1-2H3,(H2,27,28,29,32). The lowest BCUT2D eigenvalue weighted by molar-refractivity contribution is 0.00646. The summed E-state index contributed by atoms with van der Waals surface area (Å²) in [6, 6.07) is 5.73. The molecule has 10 heteroatoms. The molecule has 0 bridgehead atoms. The van der Waals surface area contributed by atoms with Gasteiger partial charge >= 0.3 is 0 Å². The van der Waals surface area contributed by atoms with Crippen molar-refractivity contribution in [1.82, 2.24) is 19.9 Å². The molecule has 2 fully saturated rings. The van der Waals surface area contributed by atoms with Gasteiger partial charge in [0.1, 0.15) is 11.6 Å². The molecule has 0 amide bonds. The first-order valence-electron chi connectivity index (χ1n) is 11.8. The number of nitrogens with zero attached hydrogens (tertiary/aromatic N) is 5. The maximum atomic E-state index is 12.6. The minimum absolute atomic E-state index is 0.245. The molecule has 0 unspecified atom stereocenters. The van der Waals surface area contributed by atoms with E-state index in [0.717, 1.165) is 56.3 Å². The minimum Gasteiger partial charge on any atom is -0.390 e. The zero-order chi connectivity index (χ0) is 23.7. The Bertz CT molecular complexity index is 1190. The van der Waals surface area contributed by atoms with Gasteiger partial charge in [0.25, 0.3) is 5.56 Å². The molecule has 3 N–H and O–H groups in total. The molecule has 2 saturated heterocycles. The molecule has 2 aliphatic rings. The highest BCUT2D eigenvalue weighted by molar-refractivity contribution is 5.80. The van der Waals surface area contributed by atoms with E-state index in [1.807, 2.05) is 32.0 Å². The van der Waals surface area contributed by atoms with E-state index in [1.54, 1.807) is 12.4 Å². The summed E-state index contributed by atoms with van der Waals surface area (Å²) < 4.78 is 5.39. The Labute approximate surface area is 198 Å². The smallest absolute Gasteiger partial charge is 0.261 e. The van der Waals surface area contributed by atoms with Gasteiger partial charge in [-0.15, -0.1) is 0 Å². The molecular formula is C24H31N7O3. The summed E-state index contributed by atoms with van der Waals surface area (Å²) in [6.45, 7) is 8.42. The van der Waals surface area contributed by atoms with Crippen molar-refractivity contribution in [2.24, 2.45) is 5.92 Å². The number of hydrogen-bond acceptors (Lipinski definition) is 9. The zero-order valence-electron chi connectivity index (χ0n) is 19.6. The molecule has 2 aliphatic heterocycles. The van der Waals surface area contributed by atoms with Crippen LogP contribution in [-0.4, -0.2) is 70.0 Å². The van der Waals surface area contributed by atoms with Crippen molar-refractivity contribution in [2.75, 3.05) is 54.5 Å². The number of ether oxygens (including phenoxy) is 1. The highest BCUT2D eigenvalue weighted by atomic mass is 16.5. The molecule has 0 atom stereocenters. The van der Waals surface area contributed by atoms with Crippen LogP contribution in [0.2, 0.25) is 0 Å². The first-order valence-corrected chi connectivity index (χ1v) is 11.8. The molecule has 0 aromatic carbocycles. The van der Waals surface area contributed by atoms with E-state index in [-0.39, 0.29) is 11.5 Å². The molecule has 0 radical (unpaired) electrons. The molecule has 0 aliphatic carbocycles. The van der Waals surface area contributed by atoms with E-state index in [4.69, 9.17) is 4.74 Å². The number of aliphatic hydroxyl groups is 1. The van der Waals surface area contributed by atoms with Crippen LogP contribution in [0.15, 0.2) is 35.4 Å². The van der Waals surface area contributed by atoms with E-state index in [9.17, 15) is 9.90 Å². The maximum absolute atomic E-state index is 12.6. The number of aromatic nitrogens is 4. The zero-order valence-corrected chi connectivity index (χ0v) is 19.6. The van der Waals surface area contributed by atoms with Crippen molar-refractivity contribution < 1.29 is 9.84 Å². The Morgan fingerprint density at radius 3 is 2.44 bits per heavy atom. The predicted molar refractivity (Wildman–Crippen MR) is 132 cm³/mol. The topological polar surface area (TPSA) is 119 Å². The fourth-order valence-electron chi connectivity index (χ4n) is 4.65. The SMILES string of the molecule is CC(C)(O)C1CCN(c2cc3nc(Nc4ccc(N5CCOCC5)nc4)[nH]c(=O)c3cn2)CC1. The predicted octanol–water partition coefficient (Wildman–Crippen LogP) is 2.28. The van der Waals surface area contributed by atoms with Crippen molar-refractivity contribution in [3.05, 3.63) is 40.9 Å². The first-order chi connectivity index (χ1) is 16.4. The van der Waals surface area contributed by atoms with Crippen LogP contribution < -0.4 is 20.7 Å². The molecule has 3 aromatic rings. The molecule has 3 aromatic heterocycles. The highest BCUT2D eigenvalue weighted by Crippen LogP contribution is 2.30. The average molecular weight is 466 g/mol. The van der Waals surface area contributed by atoms with Crippen LogP contribution in [0.4, 0.5) is 23.3 Å². The number of hydrogen-bond donors (Lipinski definition) is 3. The number of H-pyrrole nitrogens is 1. The lowest BCUT2D eigenvalue weighted by Crippen LogP contribution is -2.42. The van der Waals surface area contributed by atoms with Gasteiger partial charge < -0.3 is 25.0 Å².